The molecule has 4 N–H and O–H groups in total. The molecule has 6 heteroatoms. The number of halogens is 1. The minimum atomic E-state index is 0.187. The number of nitrogens with two attached hydrogens (primary N) is 2. The van der Waals surface area contributed by atoms with Gasteiger partial charge in [0.15, 0.2) is 0 Å². The summed E-state index contributed by atoms with van der Waals surface area (Å²) in [4.78, 5) is 7.90. The highest BCUT2D eigenvalue weighted by Crippen LogP contribution is 2.26. The molecule has 0 atom stereocenters. The number of nitrogens with zero attached hydrogens (tertiary/aromatic N) is 2. The van der Waals surface area contributed by atoms with Gasteiger partial charge in [-0.1, -0.05) is 29.8 Å². The van der Waals surface area contributed by atoms with Gasteiger partial charge in [0.25, 0.3) is 0 Å². The van der Waals surface area contributed by atoms with E-state index in [4.69, 9.17) is 23.1 Å². The molecule has 4 nitrogen and oxygen atoms in total. The Kier molecular flexibility index (Phi) is 3.71. The lowest BCUT2D eigenvalue weighted by Gasteiger charge is -2.04. The highest BCUT2D eigenvalue weighted by atomic mass is 35.5. The average molecular weight is 267 g/mol. The van der Waals surface area contributed by atoms with Gasteiger partial charge < -0.3 is 11.5 Å². The van der Waals surface area contributed by atoms with E-state index in [0.29, 0.717) is 5.82 Å². The molecule has 2 rings (SSSR count). The van der Waals surface area contributed by atoms with Crippen molar-refractivity contribution in [2.45, 2.75) is 10.8 Å². The second-order valence-corrected chi connectivity index (χ2v) is 4.77. The van der Waals surface area contributed by atoms with E-state index < -0.39 is 0 Å². The number of benzene rings is 1. The summed E-state index contributed by atoms with van der Waals surface area (Å²) in [6.07, 6.45) is 0. The van der Waals surface area contributed by atoms with Crippen molar-refractivity contribution in [3.8, 4) is 0 Å². The van der Waals surface area contributed by atoms with Gasteiger partial charge in [0.2, 0.25) is 5.95 Å². The molecule has 0 spiro atoms. The van der Waals surface area contributed by atoms with E-state index in [1.165, 1.54) is 11.8 Å². The van der Waals surface area contributed by atoms with Gasteiger partial charge in [0, 0.05) is 16.8 Å². The third-order valence-corrected chi connectivity index (χ3v) is 3.40. The molecule has 0 aliphatic carbocycles. The third kappa shape index (κ3) is 3.25. The van der Waals surface area contributed by atoms with Gasteiger partial charge in [-0.05, 0) is 11.6 Å². The normalized spacial score (nSPS) is 10.4. The van der Waals surface area contributed by atoms with Gasteiger partial charge in [0.05, 0.1) is 0 Å². The van der Waals surface area contributed by atoms with E-state index in [9.17, 15) is 0 Å². The fraction of sp³-hybridized carbons (Fsp3) is 0.0909. The van der Waals surface area contributed by atoms with Gasteiger partial charge in [-0.25, -0.2) is 4.98 Å². The molecule has 0 amide bonds. The highest BCUT2D eigenvalue weighted by molar-refractivity contribution is 7.98. The lowest BCUT2D eigenvalue weighted by atomic mass is 10.2. The SMILES string of the molecule is Nc1cc(SCc2ccccc2Cl)nc(N)n1. The second kappa shape index (κ2) is 5.25. The molecule has 0 aliphatic rings. The molecule has 0 aliphatic heterocycles. The predicted octanol–water partition coefficient (Wildman–Crippen LogP) is 2.59. The van der Waals surface area contributed by atoms with Gasteiger partial charge >= 0.3 is 0 Å². The Balaban J connectivity index is 2.10. The quantitative estimate of drug-likeness (QED) is 0.659. The molecule has 0 fully saturated rings. The third-order valence-electron chi connectivity index (χ3n) is 2.07. The molecule has 2 aromatic rings. The van der Waals surface area contributed by atoms with E-state index in [0.717, 1.165) is 21.4 Å². The molecular formula is C11H11ClN4S. The monoisotopic (exact) mass is 266 g/mol. The van der Waals surface area contributed by atoms with Crippen molar-refractivity contribution in [3.05, 3.63) is 40.9 Å². The van der Waals surface area contributed by atoms with Crippen LogP contribution >= 0.6 is 23.4 Å². The summed E-state index contributed by atoms with van der Waals surface area (Å²) in [5.74, 6) is 1.28. The van der Waals surface area contributed by atoms with Crippen LogP contribution in [0.1, 0.15) is 5.56 Å². The minimum Gasteiger partial charge on any atom is -0.383 e. The van der Waals surface area contributed by atoms with Crippen molar-refractivity contribution in [1.29, 1.82) is 0 Å². The van der Waals surface area contributed by atoms with Crippen LogP contribution in [0.2, 0.25) is 5.02 Å². The van der Waals surface area contributed by atoms with Crippen molar-refractivity contribution in [2.24, 2.45) is 0 Å². The standard InChI is InChI=1S/C11H11ClN4S/c12-8-4-2-1-3-7(8)6-17-10-5-9(13)15-11(14)16-10/h1-5H,6H2,(H4,13,14,15,16). The average Bonchev–Trinajstić information content (AvgIpc) is 2.27. The summed E-state index contributed by atoms with van der Waals surface area (Å²) in [5, 5.41) is 1.49. The van der Waals surface area contributed by atoms with Crippen LogP contribution in [0.25, 0.3) is 0 Å². The number of aromatic nitrogens is 2. The lowest BCUT2D eigenvalue weighted by Crippen LogP contribution is -2.00. The molecule has 0 bridgehead atoms. The van der Waals surface area contributed by atoms with Crippen molar-refractivity contribution in [2.75, 3.05) is 11.5 Å². The van der Waals surface area contributed by atoms with Gasteiger partial charge in [-0.2, -0.15) is 4.98 Å². The maximum Gasteiger partial charge on any atom is 0.223 e. The van der Waals surface area contributed by atoms with Crippen LogP contribution in [-0.2, 0) is 5.75 Å². The van der Waals surface area contributed by atoms with Crippen LogP contribution in [0.3, 0.4) is 0 Å². The summed E-state index contributed by atoms with van der Waals surface area (Å²) in [6, 6.07) is 9.38. The van der Waals surface area contributed by atoms with Crippen molar-refractivity contribution < 1.29 is 0 Å². The van der Waals surface area contributed by atoms with Crippen LogP contribution in [-0.4, -0.2) is 9.97 Å². The highest BCUT2D eigenvalue weighted by Gasteiger charge is 2.03. The van der Waals surface area contributed by atoms with Crippen LogP contribution in [0, 0.1) is 0 Å². The Labute approximate surface area is 108 Å². The van der Waals surface area contributed by atoms with E-state index in [-0.39, 0.29) is 5.95 Å². The summed E-state index contributed by atoms with van der Waals surface area (Å²) in [5.41, 5.74) is 12.2. The van der Waals surface area contributed by atoms with Crippen LogP contribution < -0.4 is 11.5 Å². The van der Waals surface area contributed by atoms with Gasteiger partial charge in [-0.15, -0.1) is 11.8 Å². The van der Waals surface area contributed by atoms with E-state index in [2.05, 4.69) is 9.97 Å². The molecule has 17 heavy (non-hydrogen) atoms. The Hall–Kier alpha value is -1.46. The predicted molar refractivity (Wildman–Crippen MR) is 71.9 cm³/mol. The first-order chi connectivity index (χ1) is 8.15. The molecule has 88 valence electrons. The van der Waals surface area contributed by atoms with E-state index >= 15 is 0 Å². The first-order valence-electron chi connectivity index (χ1n) is 4.91. The zero-order chi connectivity index (χ0) is 12.3. The zero-order valence-corrected chi connectivity index (χ0v) is 10.5. The van der Waals surface area contributed by atoms with Crippen molar-refractivity contribution in [1.82, 2.24) is 9.97 Å². The number of anilines is 2. The molecule has 0 saturated heterocycles. The number of thioether (sulfide) groups is 1. The zero-order valence-electron chi connectivity index (χ0n) is 8.93. The molecule has 1 aromatic carbocycles. The van der Waals surface area contributed by atoms with E-state index in [1.54, 1.807) is 6.07 Å². The smallest absolute Gasteiger partial charge is 0.223 e. The topological polar surface area (TPSA) is 77.8 Å². The summed E-state index contributed by atoms with van der Waals surface area (Å²) < 4.78 is 0. The van der Waals surface area contributed by atoms with Gasteiger partial charge in [0.1, 0.15) is 10.8 Å². The Bertz CT molecular complexity index is 512. The van der Waals surface area contributed by atoms with Crippen LogP contribution in [0.5, 0.6) is 0 Å². The molecule has 1 aromatic heterocycles. The maximum atomic E-state index is 6.06. The number of hydrogen-bond acceptors (Lipinski definition) is 5. The van der Waals surface area contributed by atoms with Crippen LogP contribution in [0.15, 0.2) is 35.4 Å². The lowest BCUT2D eigenvalue weighted by molar-refractivity contribution is 1.07. The fourth-order valence-electron chi connectivity index (χ4n) is 1.30. The maximum absolute atomic E-state index is 6.06. The first-order valence-corrected chi connectivity index (χ1v) is 6.28. The molecule has 0 unspecified atom stereocenters. The first kappa shape index (κ1) is 12.0. The Morgan fingerprint density at radius 3 is 2.65 bits per heavy atom. The second-order valence-electron chi connectivity index (χ2n) is 3.37. The summed E-state index contributed by atoms with van der Waals surface area (Å²) in [7, 11) is 0. The summed E-state index contributed by atoms with van der Waals surface area (Å²) >= 11 is 7.58. The molecule has 1 heterocycles. The molecule has 0 radical (unpaired) electrons. The number of rotatable bonds is 3. The minimum absolute atomic E-state index is 0.187. The van der Waals surface area contributed by atoms with Crippen molar-refractivity contribution in [3.63, 3.8) is 0 Å². The van der Waals surface area contributed by atoms with Gasteiger partial charge in [-0.3, -0.25) is 0 Å². The molecule has 0 saturated carbocycles. The number of nitrogen functional groups attached to an aromatic ring is 2. The van der Waals surface area contributed by atoms with Crippen LogP contribution in [0.4, 0.5) is 11.8 Å². The van der Waals surface area contributed by atoms with Crippen molar-refractivity contribution >= 4 is 35.1 Å². The largest absolute Gasteiger partial charge is 0.383 e. The fourth-order valence-corrected chi connectivity index (χ4v) is 2.50. The molecular weight excluding hydrogens is 256 g/mol. The number of hydrogen-bond donors (Lipinski definition) is 2. The van der Waals surface area contributed by atoms with E-state index in [1.807, 2.05) is 24.3 Å². The Morgan fingerprint density at radius 1 is 1.18 bits per heavy atom. The Morgan fingerprint density at radius 2 is 1.94 bits per heavy atom. The summed E-state index contributed by atoms with van der Waals surface area (Å²) in [6.45, 7) is 0.